The lowest BCUT2D eigenvalue weighted by atomic mass is 10.0. The lowest BCUT2D eigenvalue weighted by Gasteiger charge is -2.35. The van der Waals surface area contributed by atoms with Gasteiger partial charge in [0.2, 0.25) is 5.95 Å². The summed E-state index contributed by atoms with van der Waals surface area (Å²) in [5, 5.41) is 12.0. The van der Waals surface area contributed by atoms with Crippen molar-refractivity contribution in [1.29, 1.82) is 0 Å². The Morgan fingerprint density at radius 2 is 1.83 bits per heavy atom. The van der Waals surface area contributed by atoms with E-state index in [4.69, 9.17) is 4.98 Å². The molecule has 5 rings (SSSR count). The van der Waals surface area contributed by atoms with Gasteiger partial charge in [-0.05, 0) is 43.4 Å². The smallest absolute Gasteiger partial charge is 0.229 e. The van der Waals surface area contributed by atoms with Gasteiger partial charge < -0.3 is 10.2 Å². The predicted molar refractivity (Wildman–Crippen MR) is 114 cm³/mol. The highest BCUT2D eigenvalue weighted by Crippen LogP contribution is 2.36. The van der Waals surface area contributed by atoms with Crippen molar-refractivity contribution >= 4 is 17.5 Å². The maximum Gasteiger partial charge on any atom is 0.229 e. The molecule has 1 N–H and O–H groups in total. The number of fused-ring (bicyclic) bond motifs is 3. The molecule has 1 aliphatic carbocycles. The van der Waals surface area contributed by atoms with Crippen molar-refractivity contribution in [3.8, 4) is 5.69 Å². The monoisotopic (exact) mass is 389 g/mol. The third-order valence-electron chi connectivity index (χ3n) is 6.07. The van der Waals surface area contributed by atoms with Crippen LogP contribution in [-0.2, 0) is 6.54 Å². The Balaban J connectivity index is 1.50. The summed E-state index contributed by atoms with van der Waals surface area (Å²) < 4.78 is 2.09. The number of aromatic nitrogens is 5. The number of nitrogens with zero attached hydrogens (tertiary/aromatic N) is 6. The van der Waals surface area contributed by atoms with E-state index in [0.717, 1.165) is 35.4 Å². The third kappa shape index (κ3) is 3.24. The van der Waals surface area contributed by atoms with Crippen LogP contribution in [0.3, 0.4) is 0 Å². The van der Waals surface area contributed by atoms with Crippen LogP contribution in [0, 0.1) is 6.92 Å². The van der Waals surface area contributed by atoms with Crippen molar-refractivity contribution in [2.24, 2.45) is 0 Å². The molecule has 0 unspecified atom stereocenters. The Labute approximate surface area is 171 Å². The van der Waals surface area contributed by atoms with Gasteiger partial charge in [-0.15, -0.1) is 10.2 Å². The summed E-state index contributed by atoms with van der Waals surface area (Å²) in [6.45, 7) is 7.13. The van der Waals surface area contributed by atoms with Gasteiger partial charge in [-0.2, -0.15) is 4.98 Å². The second-order valence-electron chi connectivity index (χ2n) is 8.37. The molecule has 0 radical (unpaired) electrons. The zero-order valence-electron chi connectivity index (χ0n) is 17.3. The van der Waals surface area contributed by atoms with Crippen LogP contribution in [0.5, 0.6) is 0 Å². The van der Waals surface area contributed by atoms with Crippen LogP contribution < -0.4 is 10.2 Å². The van der Waals surface area contributed by atoms with Crippen LogP contribution in [0.4, 0.5) is 17.5 Å². The van der Waals surface area contributed by atoms with E-state index in [2.05, 4.69) is 68.1 Å². The summed E-state index contributed by atoms with van der Waals surface area (Å²) in [7, 11) is 0. The number of rotatable bonds is 4. The Kier molecular flexibility index (Phi) is 4.45. The van der Waals surface area contributed by atoms with Crippen LogP contribution in [0.1, 0.15) is 62.7 Å². The van der Waals surface area contributed by atoms with Crippen molar-refractivity contribution in [3.05, 3.63) is 47.7 Å². The molecule has 2 aromatic heterocycles. The molecular formula is C22H27N7. The number of benzene rings is 1. The lowest BCUT2D eigenvalue weighted by molar-refractivity contribution is 0.566. The number of aryl methyl sites for hydroxylation is 1. The van der Waals surface area contributed by atoms with Crippen LogP contribution in [0.15, 0.2) is 30.5 Å². The molecule has 0 spiro atoms. The molecule has 150 valence electrons. The molecular weight excluding hydrogens is 362 g/mol. The zero-order chi connectivity index (χ0) is 20.0. The largest absolute Gasteiger partial charge is 0.344 e. The first kappa shape index (κ1) is 18.1. The second-order valence-corrected chi connectivity index (χ2v) is 8.37. The fraction of sp³-hybridized carbons (Fsp3) is 0.455. The van der Waals surface area contributed by atoms with Crippen molar-refractivity contribution in [1.82, 2.24) is 24.7 Å². The van der Waals surface area contributed by atoms with E-state index in [-0.39, 0.29) is 0 Å². The van der Waals surface area contributed by atoms with Crippen LogP contribution >= 0.6 is 0 Å². The molecule has 3 aromatic rings. The molecule has 2 aliphatic rings. The standard InChI is InChI=1S/C22H27N7/c1-14(2)16-8-10-17(11-9-16)24-22-23-12-19-21(25-22)28(18-6-4-5-7-18)13-20-27-26-15(3)29(19)20/h8-12,14,18H,4-7,13H2,1-3H3,(H,23,24,25). The first-order valence-electron chi connectivity index (χ1n) is 10.5. The highest BCUT2D eigenvalue weighted by Gasteiger charge is 2.33. The van der Waals surface area contributed by atoms with Crippen molar-refractivity contribution < 1.29 is 0 Å². The van der Waals surface area contributed by atoms with E-state index in [9.17, 15) is 0 Å². The number of nitrogens with one attached hydrogen (secondary N) is 1. The molecule has 1 aromatic carbocycles. The third-order valence-corrected chi connectivity index (χ3v) is 6.07. The molecule has 3 heterocycles. The van der Waals surface area contributed by atoms with Gasteiger partial charge in [-0.1, -0.05) is 38.8 Å². The number of hydrogen-bond donors (Lipinski definition) is 1. The molecule has 0 amide bonds. The van der Waals surface area contributed by atoms with Gasteiger partial charge in [0.1, 0.15) is 11.5 Å². The molecule has 29 heavy (non-hydrogen) atoms. The Hall–Kier alpha value is -2.96. The van der Waals surface area contributed by atoms with E-state index < -0.39 is 0 Å². The summed E-state index contributed by atoms with van der Waals surface area (Å²) in [6.07, 6.45) is 6.86. The maximum atomic E-state index is 4.94. The molecule has 0 saturated heterocycles. The second kappa shape index (κ2) is 7.13. The number of anilines is 3. The van der Waals surface area contributed by atoms with E-state index >= 15 is 0 Å². The molecule has 1 aliphatic heterocycles. The van der Waals surface area contributed by atoms with E-state index in [1.54, 1.807) is 0 Å². The molecule has 0 atom stereocenters. The summed E-state index contributed by atoms with van der Waals surface area (Å²) in [5.74, 6) is 3.96. The normalized spacial score (nSPS) is 16.2. The minimum absolute atomic E-state index is 0.507. The number of hydrogen-bond acceptors (Lipinski definition) is 6. The Bertz CT molecular complexity index is 1020. The van der Waals surface area contributed by atoms with Gasteiger partial charge in [-0.25, -0.2) is 4.98 Å². The van der Waals surface area contributed by atoms with Crippen LogP contribution in [-0.4, -0.2) is 30.8 Å². The summed E-state index contributed by atoms with van der Waals surface area (Å²) >= 11 is 0. The van der Waals surface area contributed by atoms with Crippen molar-refractivity contribution in [2.45, 2.75) is 65.0 Å². The molecule has 1 saturated carbocycles. The average Bonchev–Trinajstić information content (AvgIpc) is 3.38. The van der Waals surface area contributed by atoms with E-state index in [0.29, 0.717) is 17.9 Å². The highest BCUT2D eigenvalue weighted by atomic mass is 15.4. The summed E-state index contributed by atoms with van der Waals surface area (Å²) in [5.41, 5.74) is 3.30. The van der Waals surface area contributed by atoms with E-state index in [1.807, 2.05) is 13.1 Å². The Morgan fingerprint density at radius 1 is 1.07 bits per heavy atom. The molecule has 0 bridgehead atoms. The predicted octanol–water partition coefficient (Wildman–Crippen LogP) is 4.50. The van der Waals surface area contributed by atoms with Crippen LogP contribution in [0.2, 0.25) is 0 Å². The first-order chi connectivity index (χ1) is 14.1. The molecule has 7 heteroatoms. The maximum absolute atomic E-state index is 4.94. The van der Waals surface area contributed by atoms with Gasteiger partial charge in [0.25, 0.3) is 0 Å². The van der Waals surface area contributed by atoms with Gasteiger partial charge in [-0.3, -0.25) is 4.57 Å². The molecule has 7 nitrogen and oxygen atoms in total. The zero-order valence-corrected chi connectivity index (χ0v) is 17.3. The van der Waals surface area contributed by atoms with Gasteiger partial charge in [0.05, 0.1) is 12.7 Å². The Morgan fingerprint density at radius 3 is 2.55 bits per heavy atom. The SMILES string of the molecule is Cc1nnc2n1-c1cnc(Nc3ccc(C(C)C)cc3)nc1N(C1CCCC1)C2. The van der Waals surface area contributed by atoms with Crippen LogP contribution in [0.25, 0.3) is 5.69 Å². The van der Waals surface area contributed by atoms with Gasteiger partial charge in [0.15, 0.2) is 11.6 Å². The fourth-order valence-electron chi connectivity index (χ4n) is 4.44. The van der Waals surface area contributed by atoms with Crippen molar-refractivity contribution in [3.63, 3.8) is 0 Å². The minimum atomic E-state index is 0.507. The van der Waals surface area contributed by atoms with Gasteiger partial charge in [0, 0.05) is 11.7 Å². The topological polar surface area (TPSA) is 71.8 Å². The summed E-state index contributed by atoms with van der Waals surface area (Å²) in [6, 6.07) is 9.00. The first-order valence-corrected chi connectivity index (χ1v) is 10.5. The van der Waals surface area contributed by atoms with Crippen molar-refractivity contribution in [2.75, 3.05) is 10.2 Å². The van der Waals surface area contributed by atoms with E-state index in [1.165, 1.54) is 31.2 Å². The fourth-order valence-corrected chi connectivity index (χ4v) is 4.44. The highest BCUT2D eigenvalue weighted by molar-refractivity contribution is 5.64. The van der Waals surface area contributed by atoms with Gasteiger partial charge >= 0.3 is 0 Å². The quantitative estimate of drug-likeness (QED) is 0.709. The average molecular weight is 390 g/mol. The molecule has 1 fully saturated rings. The minimum Gasteiger partial charge on any atom is -0.344 e. The lowest BCUT2D eigenvalue weighted by Crippen LogP contribution is -2.38. The summed E-state index contributed by atoms with van der Waals surface area (Å²) in [4.78, 5) is 11.9.